The van der Waals surface area contributed by atoms with Crippen molar-refractivity contribution in [3.8, 4) is 22.7 Å². The van der Waals surface area contributed by atoms with Crippen molar-refractivity contribution >= 4 is 5.97 Å². The monoisotopic (exact) mass is 283 g/mol. The first-order chi connectivity index (χ1) is 10.2. The fraction of sp³-hybridized carbons (Fsp3) is 0. The molecule has 0 aliphatic rings. The summed E-state index contributed by atoms with van der Waals surface area (Å²) in [4.78, 5) is 15.4. The van der Waals surface area contributed by atoms with E-state index in [0.29, 0.717) is 5.56 Å². The van der Waals surface area contributed by atoms with E-state index in [1.165, 1.54) is 18.2 Å². The highest BCUT2D eigenvalue weighted by Crippen LogP contribution is 2.30. The maximum Gasteiger partial charge on any atom is 0.374 e. The van der Waals surface area contributed by atoms with Crippen LogP contribution in [0.25, 0.3) is 22.7 Å². The molecule has 1 N–H and O–H groups in total. The van der Waals surface area contributed by atoms with Gasteiger partial charge >= 0.3 is 5.97 Å². The molecule has 1 heterocycles. The van der Waals surface area contributed by atoms with Crippen LogP contribution in [0, 0.1) is 5.82 Å². The first-order valence-electron chi connectivity index (χ1n) is 6.21. The molecule has 104 valence electrons. The number of aromatic nitrogens is 1. The zero-order chi connectivity index (χ0) is 14.8. The molecule has 0 atom stereocenters. The molecule has 3 rings (SSSR count). The van der Waals surface area contributed by atoms with Crippen LogP contribution in [0.4, 0.5) is 4.39 Å². The van der Waals surface area contributed by atoms with Gasteiger partial charge in [-0.1, -0.05) is 42.5 Å². The van der Waals surface area contributed by atoms with Gasteiger partial charge in [0.05, 0.1) is 5.56 Å². The normalized spacial score (nSPS) is 10.5. The Kier molecular flexibility index (Phi) is 3.23. The maximum absolute atomic E-state index is 13.8. The molecule has 0 saturated carbocycles. The lowest BCUT2D eigenvalue weighted by Gasteiger charge is -1.96. The summed E-state index contributed by atoms with van der Waals surface area (Å²) in [6.07, 6.45) is 0. The summed E-state index contributed by atoms with van der Waals surface area (Å²) in [5.41, 5.74) is 0.907. The van der Waals surface area contributed by atoms with Crippen LogP contribution in [0.2, 0.25) is 0 Å². The Hall–Kier alpha value is -2.95. The van der Waals surface area contributed by atoms with Crippen molar-refractivity contribution in [2.75, 3.05) is 0 Å². The molecule has 0 bridgehead atoms. The number of aromatic carboxylic acids is 1. The highest BCUT2D eigenvalue weighted by atomic mass is 19.1. The van der Waals surface area contributed by atoms with E-state index < -0.39 is 11.8 Å². The second-order valence-corrected chi connectivity index (χ2v) is 4.35. The van der Waals surface area contributed by atoms with Crippen molar-refractivity contribution in [2.45, 2.75) is 0 Å². The minimum atomic E-state index is -1.25. The zero-order valence-corrected chi connectivity index (χ0v) is 10.8. The summed E-state index contributed by atoms with van der Waals surface area (Å²) < 4.78 is 19.0. The molecule has 5 heteroatoms. The Morgan fingerprint density at radius 1 is 1.05 bits per heavy atom. The lowest BCUT2D eigenvalue weighted by Crippen LogP contribution is -1.96. The standard InChI is InChI=1S/C16H10FNO3/c17-12-9-5-4-8-11(12)15-18-13(14(21-15)16(19)20)10-6-2-1-3-7-10/h1-9H,(H,19,20). The number of nitrogens with zero attached hydrogens (tertiary/aromatic N) is 1. The third-order valence-corrected chi connectivity index (χ3v) is 2.97. The van der Waals surface area contributed by atoms with Crippen molar-refractivity contribution in [3.05, 3.63) is 66.2 Å². The summed E-state index contributed by atoms with van der Waals surface area (Å²) in [5, 5.41) is 9.23. The van der Waals surface area contributed by atoms with Crippen LogP contribution < -0.4 is 0 Å². The SMILES string of the molecule is O=C(O)c1oc(-c2ccccc2F)nc1-c1ccccc1. The largest absolute Gasteiger partial charge is 0.475 e. The van der Waals surface area contributed by atoms with Crippen molar-refractivity contribution in [2.24, 2.45) is 0 Å². The van der Waals surface area contributed by atoms with E-state index in [0.717, 1.165) is 0 Å². The molecular weight excluding hydrogens is 273 g/mol. The molecule has 0 spiro atoms. The van der Waals surface area contributed by atoms with Crippen LogP contribution in [-0.2, 0) is 0 Å². The lowest BCUT2D eigenvalue weighted by atomic mass is 10.1. The minimum Gasteiger partial charge on any atom is -0.475 e. The van der Waals surface area contributed by atoms with Gasteiger partial charge in [-0.05, 0) is 12.1 Å². The van der Waals surface area contributed by atoms with Crippen molar-refractivity contribution < 1.29 is 18.7 Å². The van der Waals surface area contributed by atoms with Gasteiger partial charge in [0.2, 0.25) is 11.7 Å². The predicted molar refractivity (Wildman–Crippen MR) is 74.3 cm³/mol. The number of rotatable bonds is 3. The summed E-state index contributed by atoms with van der Waals surface area (Å²) in [7, 11) is 0. The quantitative estimate of drug-likeness (QED) is 0.793. The molecule has 0 fully saturated rings. The zero-order valence-electron chi connectivity index (χ0n) is 10.8. The van der Waals surface area contributed by atoms with Gasteiger partial charge in [0, 0.05) is 5.56 Å². The third-order valence-electron chi connectivity index (χ3n) is 2.97. The number of hydrogen-bond donors (Lipinski definition) is 1. The molecule has 4 nitrogen and oxygen atoms in total. The Morgan fingerprint density at radius 2 is 1.71 bits per heavy atom. The van der Waals surface area contributed by atoms with Crippen LogP contribution in [-0.4, -0.2) is 16.1 Å². The Labute approximate surface area is 119 Å². The summed E-state index contributed by atoms with van der Waals surface area (Å²) in [5.74, 6) is -2.12. The predicted octanol–water partition coefficient (Wildman–Crippen LogP) is 3.85. The highest BCUT2D eigenvalue weighted by Gasteiger charge is 2.22. The van der Waals surface area contributed by atoms with E-state index >= 15 is 0 Å². The number of hydrogen-bond acceptors (Lipinski definition) is 3. The minimum absolute atomic E-state index is 0.0515. The molecular formula is C16H10FNO3. The van der Waals surface area contributed by atoms with Gasteiger partial charge in [0.15, 0.2) is 0 Å². The smallest absolute Gasteiger partial charge is 0.374 e. The number of benzene rings is 2. The number of halogens is 1. The molecule has 0 aliphatic heterocycles. The van der Waals surface area contributed by atoms with E-state index in [-0.39, 0.29) is 22.9 Å². The topological polar surface area (TPSA) is 63.3 Å². The van der Waals surface area contributed by atoms with E-state index in [2.05, 4.69) is 4.98 Å². The highest BCUT2D eigenvalue weighted by molar-refractivity contribution is 5.92. The van der Waals surface area contributed by atoms with Crippen molar-refractivity contribution in [3.63, 3.8) is 0 Å². The fourth-order valence-corrected chi connectivity index (χ4v) is 2.01. The maximum atomic E-state index is 13.8. The first kappa shape index (κ1) is 13.1. The number of carboxylic acids is 1. The average Bonchev–Trinajstić information content (AvgIpc) is 2.94. The van der Waals surface area contributed by atoms with Gasteiger partial charge in [-0.15, -0.1) is 0 Å². The summed E-state index contributed by atoms with van der Waals surface area (Å²) in [6.45, 7) is 0. The Balaban J connectivity index is 2.18. The molecule has 0 aliphatic carbocycles. The van der Waals surface area contributed by atoms with Crippen LogP contribution >= 0.6 is 0 Å². The van der Waals surface area contributed by atoms with Gasteiger partial charge < -0.3 is 9.52 Å². The molecule has 2 aromatic carbocycles. The molecule has 3 aromatic rings. The van der Waals surface area contributed by atoms with Crippen molar-refractivity contribution in [1.29, 1.82) is 0 Å². The number of carbonyl (C=O) groups is 1. The second-order valence-electron chi connectivity index (χ2n) is 4.35. The first-order valence-corrected chi connectivity index (χ1v) is 6.21. The summed E-state index contributed by atoms with van der Waals surface area (Å²) >= 11 is 0. The van der Waals surface area contributed by atoms with Crippen LogP contribution in [0.5, 0.6) is 0 Å². The van der Waals surface area contributed by atoms with Crippen LogP contribution in [0.1, 0.15) is 10.6 Å². The van der Waals surface area contributed by atoms with E-state index in [4.69, 9.17) is 4.42 Å². The van der Waals surface area contributed by atoms with E-state index in [9.17, 15) is 14.3 Å². The van der Waals surface area contributed by atoms with Gasteiger partial charge in [-0.3, -0.25) is 0 Å². The van der Waals surface area contributed by atoms with Crippen LogP contribution in [0.3, 0.4) is 0 Å². The third kappa shape index (κ3) is 2.41. The summed E-state index contributed by atoms with van der Waals surface area (Å²) in [6, 6.07) is 14.7. The Morgan fingerprint density at radius 3 is 2.38 bits per heavy atom. The van der Waals surface area contributed by atoms with E-state index in [1.807, 2.05) is 6.07 Å². The number of carboxylic acid groups (broad SMARTS) is 1. The lowest BCUT2D eigenvalue weighted by molar-refractivity contribution is 0.0664. The number of oxazole rings is 1. The van der Waals surface area contributed by atoms with Gasteiger partial charge in [-0.2, -0.15) is 0 Å². The van der Waals surface area contributed by atoms with Crippen LogP contribution in [0.15, 0.2) is 59.0 Å². The van der Waals surface area contributed by atoms with Gasteiger partial charge in [0.25, 0.3) is 0 Å². The van der Waals surface area contributed by atoms with Gasteiger partial charge in [0.1, 0.15) is 11.5 Å². The second kappa shape index (κ2) is 5.20. The van der Waals surface area contributed by atoms with Gasteiger partial charge in [-0.25, -0.2) is 14.2 Å². The molecule has 0 unspecified atom stereocenters. The van der Waals surface area contributed by atoms with E-state index in [1.54, 1.807) is 30.3 Å². The molecule has 0 radical (unpaired) electrons. The Bertz CT molecular complexity index is 796. The van der Waals surface area contributed by atoms with Crippen molar-refractivity contribution in [1.82, 2.24) is 4.98 Å². The average molecular weight is 283 g/mol. The molecule has 0 amide bonds. The molecule has 0 saturated heterocycles. The molecule has 1 aromatic heterocycles. The fourth-order valence-electron chi connectivity index (χ4n) is 2.01. The molecule has 21 heavy (non-hydrogen) atoms.